The van der Waals surface area contributed by atoms with Gasteiger partial charge in [-0.2, -0.15) is 5.10 Å². The second-order valence-electron chi connectivity index (χ2n) is 6.05. The fraction of sp³-hybridized carbons (Fsp3) is 0.143. The van der Waals surface area contributed by atoms with Crippen molar-refractivity contribution >= 4 is 12.4 Å². The van der Waals surface area contributed by atoms with Crippen LogP contribution < -0.4 is 0 Å². The average molecular weight is 334 g/mol. The molecule has 0 radical (unpaired) electrons. The third-order valence-corrected chi connectivity index (χ3v) is 3.96. The van der Waals surface area contributed by atoms with Crippen LogP contribution in [0.2, 0.25) is 0 Å². The Morgan fingerprint density at radius 3 is 2.32 bits per heavy atom. The van der Waals surface area contributed by atoms with E-state index < -0.39 is 0 Å². The minimum atomic E-state index is -0.288. The van der Waals surface area contributed by atoms with Crippen LogP contribution in [0, 0.1) is 5.82 Å². The summed E-state index contributed by atoms with van der Waals surface area (Å²) < 4.78 is 15.2. The lowest BCUT2D eigenvalue weighted by atomic mass is 9.99. The van der Waals surface area contributed by atoms with E-state index >= 15 is 0 Å². The van der Waals surface area contributed by atoms with Crippen LogP contribution in [0.25, 0.3) is 23.0 Å². The van der Waals surface area contributed by atoms with Crippen molar-refractivity contribution in [1.82, 2.24) is 9.78 Å². The van der Waals surface area contributed by atoms with Gasteiger partial charge in [0, 0.05) is 11.1 Å². The quantitative estimate of drug-likeness (QED) is 0.485. The summed E-state index contributed by atoms with van der Waals surface area (Å²) in [6.45, 7) is 4.12. The highest BCUT2D eigenvalue weighted by atomic mass is 19.1. The van der Waals surface area contributed by atoms with Gasteiger partial charge >= 0.3 is 0 Å². The van der Waals surface area contributed by atoms with Crippen molar-refractivity contribution in [3.8, 4) is 16.9 Å². The van der Waals surface area contributed by atoms with Crippen molar-refractivity contribution in [2.45, 2.75) is 19.8 Å². The summed E-state index contributed by atoms with van der Waals surface area (Å²) in [5.74, 6) is -0.112. The maximum atomic E-state index is 13.4. The summed E-state index contributed by atoms with van der Waals surface area (Å²) in [6, 6.07) is 16.1. The van der Waals surface area contributed by atoms with Gasteiger partial charge in [-0.05, 0) is 54.5 Å². The highest BCUT2D eigenvalue weighted by Crippen LogP contribution is 2.33. The first-order valence-electron chi connectivity index (χ1n) is 8.18. The van der Waals surface area contributed by atoms with Crippen LogP contribution >= 0.6 is 0 Å². The molecule has 1 aromatic heterocycles. The molecule has 0 fully saturated rings. The molecule has 4 heteroatoms. The molecule has 126 valence electrons. The number of benzene rings is 2. The van der Waals surface area contributed by atoms with Gasteiger partial charge in [0.15, 0.2) is 0 Å². The topological polar surface area (TPSA) is 34.9 Å². The van der Waals surface area contributed by atoms with Gasteiger partial charge in [0.05, 0.1) is 17.1 Å². The fourth-order valence-electron chi connectivity index (χ4n) is 2.81. The van der Waals surface area contributed by atoms with Gasteiger partial charge in [-0.25, -0.2) is 9.07 Å². The number of carbonyl (C=O) groups excluding carboxylic acids is 1. The Bertz CT molecular complexity index is 894. The lowest BCUT2D eigenvalue weighted by Gasteiger charge is -2.09. The number of carbonyl (C=O) groups is 1. The Morgan fingerprint density at radius 1 is 1.04 bits per heavy atom. The predicted octanol–water partition coefficient (Wildman–Crippen LogP) is 5.01. The highest BCUT2D eigenvalue weighted by molar-refractivity contribution is 5.81. The standard InChI is InChI=1S/C21H19FN2O/c1-15(2)20-19(9-6-14-25)21(16-10-12-17(22)13-11-16)24(23-20)18-7-4-3-5-8-18/h3-15H,1-2H3. The molecule has 25 heavy (non-hydrogen) atoms. The molecular formula is C21H19FN2O. The van der Waals surface area contributed by atoms with E-state index in [1.54, 1.807) is 18.2 Å². The Labute approximate surface area is 146 Å². The molecule has 0 saturated heterocycles. The van der Waals surface area contributed by atoms with Crippen molar-refractivity contribution in [3.05, 3.63) is 77.7 Å². The number of rotatable bonds is 5. The smallest absolute Gasteiger partial charge is 0.142 e. The fourth-order valence-corrected chi connectivity index (χ4v) is 2.81. The molecule has 1 heterocycles. The van der Waals surface area contributed by atoms with Gasteiger partial charge in [-0.15, -0.1) is 0 Å². The summed E-state index contributed by atoms with van der Waals surface area (Å²) in [7, 11) is 0. The number of nitrogens with zero attached hydrogens (tertiary/aromatic N) is 2. The molecule has 0 saturated carbocycles. The van der Waals surface area contributed by atoms with Gasteiger partial charge in [-0.3, -0.25) is 4.79 Å². The van der Waals surface area contributed by atoms with E-state index in [4.69, 9.17) is 5.10 Å². The SMILES string of the molecule is CC(C)c1nn(-c2ccccc2)c(-c2ccc(F)cc2)c1C=CC=O. The van der Waals surface area contributed by atoms with Crippen LogP contribution in [-0.4, -0.2) is 16.1 Å². The minimum Gasteiger partial charge on any atom is -0.299 e. The van der Waals surface area contributed by atoms with E-state index in [2.05, 4.69) is 13.8 Å². The number of allylic oxidation sites excluding steroid dienone is 1. The first-order valence-corrected chi connectivity index (χ1v) is 8.18. The third kappa shape index (κ3) is 3.43. The molecule has 0 N–H and O–H groups in total. The second-order valence-corrected chi connectivity index (χ2v) is 6.05. The summed E-state index contributed by atoms with van der Waals surface area (Å²) in [6.07, 6.45) is 3.98. The van der Waals surface area contributed by atoms with Crippen molar-refractivity contribution < 1.29 is 9.18 Å². The number of aromatic nitrogens is 2. The first-order chi connectivity index (χ1) is 12.1. The maximum Gasteiger partial charge on any atom is 0.142 e. The molecule has 0 aliphatic carbocycles. The Kier molecular flexibility index (Phi) is 4.89. The molecule has 2 aromatic carbocycles. The molecule has 3 rings (SSSR count). The zero-order valence-electron chi connectivity index (χ0n) is 14.2. The van der Waals surface area contributed by atoms with Gasteiger partial charge in [-0.1, -0.05) is 32.0 Å². The first kappa shape index (κ1) is 16.8. The average Bonchev–Trinajstić information content (AvgIpc) is 3.01. The van der Waals surface area contributed by atoms with E-state index in [1.807, 2.05) is 35.0 Å². The third-order valence-electron chi connectivity index (χ3n) is 3.96. The normalized spacial score (nSPS) is 11.4. The second kappa shape index (κ2) is 7.26. The van der Waals surface area contributed by atoms with Gasteiger partial charge < -0.3 is 0 Å². The van der Waals surface area contributed by atoms with Crippen molar-refractivity contribution in [2.75, 3.05) is 0 Å². The number of aldehydes is 1. The molecule has 0 amide bonds. The molecular weight excluding hydrogens is 315 g/mol. The van der Waals surface area contributed by atoms with Crippen molar-refractivity contribution in [3.63, 3.8) is 0 Å². The molecule has 0 bridgehead atoms. The van der Waals surface area contributed by atoms with Crippen LogP contribution in [0.5, 0.6) is 0 Å². The molecule has 3 nitrogen and oxygen atoms in total. The van der Waals surface area contributed by atoms with Gasteiger partial charge in [0.2, 0.25) is 0 Å². The van der Waals surface area contributed by atoms with Gasteiger partial charge in [0.25, 0.3) is 0 Å². The molecule has 0 aliphatic rings. The van der Waals surface area contributed by atoms with Crippen LogP contribution in [0.15, 0.2) is 60.7 Å². The number of hydrogen-bond acceptors (Lipinski definition) is 2. The zero-order chi connectivity index (χ0) is 17.8. The molecule has 3 aromatic rings. The highest BCUT2D eigenvalue weighted by Gasteiger charge is 2.20. The van der Waals surface area contributed by atoms with E-state index in [-0.39, 0.29) is 11.7 Å². The van der Waals surface area contributed by atoms with E-state index in [0.29, 0.717) is 0 Å². The van der Waals surface area contributed by atoms with Gasteiger partial charge in [0.1, 0.15) is 12.1 Å². The molecule has 0 atom stereocenters. The van der Waals surface area contributed by atoms with Crippen LogP contribution in [0.1, 0.15) is 31.0 Å². The van der Waals surface area contributed by atoms with E-state index in [9.17, 15) is 9.18 Å². The molecule has 0 spiro atoms. The summed E-state index contributed by atoms with van der Waals surface area (Å²) in [5.41, 5.74) is 4.36. The summed E-state index contributed by atoms with van der Waals surface area (Å²) in [5, 5.41) is 4.79. The lowest BCUT2D eigenvalue weighted by Crippen LogP contribution is -2.00. The number of para-hydroxylation sites is 1. The van der Waals surface area contributed by atoms with Crippen LogP contribution in [-0.2, 0) is 4.79 Å². The summed E-state index contributed by atoms with van der Waals surface area (Å²) >= 11 is 0. The Balaban J connectivity index is 2.32. The zero-order valence-corrected chi connectivity index (χ0v) is 14.2. The Hall–Kier alpha value is -3.01. The lowest BCUT2D eigenvalue weighted by molar-refractivity contribution is -0.104. The van der Waals surface area contributed by atoms with Crippen molar-refractivity contribution in [2.24, 2.45) is 0 Å². The van der Waals surface area contributed by atoms with E-state index in [1.165, 1.54) is 18.2 Å². The van der Waals surface area contributed by atoms with Crippen LogP contribution in [0.3, 0.4) is 0 Å². The summed E-state index contributed by atoms with van der Waals surface area (Å²) in [4.78, 5) is 10.9. The van der Waals surface area contributed by atoms with Crippen LogP contribution in [0.4, 0.5) is 4.39 Å². The maximum absolute atomic E-state index is 13.4. The molecule has 0 unspecified atom stereocenters. The number of halogens is 1. The van der Waals surface area contributed by atoms with Crippen molar-refractivity contribution in [1.29, 1.82) is 0 Å². The number of hydrogen-bond donors (Lipinski definition) is 0. The molecule has 0 aliphatic heterocycles. The monoisotopic (exact) mass is 334 g/mol. The Morgan fingerprint density at radius 2 is 1.72 bits per heavy atom. The van der Waals surface area contributed by atoms with E-state index in [0.717, 1.165) is 34.5 Å². The largest absolute Gasteiger partial charge is 0.299 e. The predicted molar refractivity (Wildman–Crippen MR) is 98.1 cm³/mol. The minimum absolute atomic E-state index is 0.176.